The van der Waals surface area contributed by atoms with Crippen molar-refractivity contribution in [3.05, 3.63) is 79.9 Å². The van der Waals surface area contributed by atoms with Gasteiger partial charge in [0, 0.05) is 17.3 Å². The number of H-pyrrole nitrogens is 1. The molecule has 0 bridgehead atoms. The number of benzene rings is 2. The Kier molecular flexibility index (Phi) is 6.28. The van der Waals surface area contributed by atoms with Crippen LogP contribution in [0.3, 0.4) is 0 Å². The maximum atomic E-state index is 12.2. The average molecular weight is 417 g/mol. The molecule has 0 fully saturated rings. The molecule has 6 nitrogen and oxygen atoms in total. The maximum absolute atomic E-state index is 12.2. The maximum Gasteiger partial charge on any atom is 0.305 e. The highest BCUT2D eigenvalue weighted by molar-refractivity contribution is 7.11. The van der Waals surface area contributed by atoms with Gasteiger partial charge in [-0.05, 0) is 35.2 Å². The summed E-state index contributed by atoms with van der Waals surface area (Å²) in [6.07, 6.45) is 1.45. The minimum absolute atomic E-state index is 0.219. The Bertz CT molecular complexity index is 1040. The molecule has 3 N–H and O–H groups in total. The van der Waals surface area contributed by atoms with Crippen LogP contribution in [0.4, 0.5) is 0 Å². The summed E-state index contributed by atoms with van der Waals surface area (Å²) >= 11 is 6.81. The Balaban J connectivity index is 1.72. The lowest BCUT2D eigenvalue weighted by atomic mass is 9.99. The third kappa shape index (κ3) is 5.31. The number of hydrogen-bond donors (Lipinski definition) is 3. The van der Waals surface area contributed by atoms with Crippen molar-refractivity contribution in [3.8, 4) is 11.1 Å². The van der Waals surface area contributed by atoms with Gasteiger partial charge in [0.05, 0.1) is 6.42 Å². The molecule has 0 aliphatic rings. The molecule has 3 rings (SSSR count). The van der Waals surface area contributed by atoms with Crippen LogP contribution < -0.4 is 10.2 Å². The van der Waals surface area contributed by atoms with Crippen molar-refractivity contribution in [3.63, 3.8) is 0 Å². The number of rotatable bonds is 7. The third-order valence-corrected chi connectivity index (χ3v) is 5.16. The Morgan fingerprint density at radius 3 is 2.50 bits per heavy atom. The van der Waals surface area contributed by atoms with E-state index in [0.717, 1.165) is 28.0 Å². The predicted molar refractivity (Wildman–Crippen MR) is 109 cm³/mol. The molecule has 1 heterocycles. The van der Waals surface area contributed by atoms with E-state index in [4.69, 9.17) is 16.7 Å². The average Bonchev–Trinajstić information content (AvgIpc) is 3.08. The summed E-state index contributed by atoms with van der Waals surface area (Å²) in [6.45, 7) is 0. The smallest absolute Gasteiger partial charge is 0.305 e. The van der Waals surface area contributed by atoms with E-state index in [-0.39, 0.29) is 16.2 Å². The summed E-state index contributed by atoms with van der Waals surface area (Å²) in [5, 5.41) is 12.5. The van der Waals surface area contributed by atoms with Crippen LogP contribution in [-0.4, -0.2) is 28.0 Å². The van der Waals surface area contributed by atoms with Gasteiger partial charge in [0.1, 0.15) is 4.88 Å². The Morgan fingerprint density at radius 1 is 1.14 bits per heavy atom. The van der Waals surface area contributed by atoms with Crippen molar-refractivity contribution in [2.24, 2.45) is 0 Å². The highest BCUT2D eigenvalue weighted by atomic mass is 35.5. The summed E-state index contributed by atoms with van der Waals surface area (Å²) in [5.41, 5.74) is 2.86. The number of thiazole rings is 1. The quantitative estimate of drug-likeness (QED) is 0.548. The zero-order chi connectivity index (χ0) is 20.1. The highest BCUT2D eigenvalue weighted by Gasteiger charge is 2.19. The SMILES string of the molecule is O=C(O)C[C@@H](Cc1ccc(-c2cccc(Cl)c2)cc1)NC(=O)c1c[nH]c(=O)s1. The molecule has 0 aliphatic carbocycles. The summed E-state index contributed by atoms with van der Waals surface area (Å²) < 4.78 is 0. The number of aromatic amines is 1. The lowest BCUT2D eigenvalue weighted by Crippen LogP contribution is -2.37. The van der Waals surface area contributed by atoms with Crippen LogP contribution in [0.5, 0.6) is 0 Å². The number of amides is 1. The molecule has 144 valence electrons. The lowest BCUT2D eigenvalue weighted by Gasteiger charge is -2.17. The van der Waals surface area contributed by atoms with Crippen molar-refractivity contribution < 1.29 is 14.7 Å². The zero-order valence-electron chi connectivity index (χ0n) is 14.6. The van der Waals surface area contributed by atoms with Crippen LogP contribution in [0, 0.1) is 0 Å². The Labute approximate surface area is 169 Å². The van der Waals surface area contributed by atoms with E-state index in [1.165, 1.54) is 6.20 Å². The number of carboxylic acids is 1. The number of carboxylic acid groups (broad SMARTS) is 1. The van der Waals surface area contributed by atoms with Gasteiger partial charge in [0.25, 0.3) is 5.91 Å². The van der Waals surface area contributed by atoms with E-state index in [2.05, 4.69) is 10.3 Å². The first-order chi connectivity index (χ1) is 13.4. The van der Waals surface area contributed by atoms with Crippen LogP contribution in [0.1, 0.15) is 21.7 Å². The summed E-state index contributed by atoms with van der Waals surface area (Å²) in [6, 6.07) is 14.6. The number of carbonyl (C=O) groups excluding carboxylic acids is 1. The molecule has 0 aliphatic heterocycles. The molecule has 1 aromatic heterocycles. The van der Waals surface area contributed by atoms with Crippen molar-refractivity contribution in [2.75, 3.05) is 0 Å². The third-order valence-electron chi connectivity index (χ3n) is 4.10. The summed E-state index contributed by atoms with van der Waals surface area (Å²) in [7, 11) is 0. The molecule has 0 unspecified atom stereocenters. The summed E-state index contributed by atoms with van der Waals surface area (Å²) in [4.78, 5) is 36.9. The number of carbonyl (C=O) groups is 2. The lowest BCUT2D eigenvalue weighted by molar-refractivity contribution is -0.137. The highest BCUT2D eigenvalue weighted by Crippen LogP contribution is 2.23. The van der Waals surface area contributed by atoms with Gasteiger partial charge >= 0.3 is 10.8 Å². The fourth-order valence-corrected chi connectivity index (χ4v) is 3.60. The first-order valence-corrected chi connectivity index (χ1v) is 9.66. The molecule has 3 aromatic rings. The second kappa shape index (κ2) is 8.86. The minimum atomic E-state index is -1.01. The van der Waals surface area contributed by atoms with E-state index in [0.29, 0.717) is 11.4 Å². The number of nitrogens with one attached hydrogen (secondary N) is 2. The topological polar surface area (TPSA) is 99.3 Å². The normalized spacial score (nSPS) is 11.8. The number of aliphatic carboxylic acids is 1. The van der Waals surface area contributed by atoms with Gasteiger partial charge in [-0.3, -0.25) is 14.4 Å². The molecule has 2 aromatic carbocycles. The molecule has 0 saturated carbocycles. The minimum Gasteiger partial charge on any atom is -0.481 e. The van der Waals surface area contributed by atoms with Gasteiger partial charge in [0.15, 0.2) is 0 Å². The second-order valence-corrected chi connectivity index (χ2v) is 7.67. The molecule has 1 amide bonds. The van der Waals surface area contributed by atoms with Gasteiger partial charge in [-0.1, -0.05) is 59.3 Å². The standard InChI is InChI=1S/C20H17ClN2O4S/c21-15-3-1-2-14(9-15)13-6-4-12(5-7-13)8-16(10-18(24)25)23-19(26)17-11-22-20(27)28-17/h1-7,9,11,16H,8,10H2,(H,22,27)(H,23,26)(H,24,25)/t16-/m1/s1. The molecule has 0 spiro atoms. The van der Waals surface area contributed by atoms with Crippen molar-refractivity contribution in [2.45, 2.75) is 18.9 Å². The number of hydrogen-bond acceptors (Lipinski definition) is 4. The van der Waals surface area contributed by atoms with Crippen LogP contribution >= 0.6 is 22.9 Å². The van der Waals surface area contributed by atoms with Gasteiger partial charge in [-0.2, -0.15) is 0 Å². The molecule has 0 saturated heterocycles. The first-order valence-electron chi connectivity index (χ1n) is 8.47. The monoisotopic (exact) mass is 416 g/mol. The van der Waals surface area contributed by atoms with E-state index < -0.39 is 17.9 Å². The van der Waals surface area contributed by atoms with Gasteiger partial charge < -0.3 is 15.4 Å². The molecular weight excluding hydrogens is 400 g/mol. The van der Waals surface area contributed by atoms with Crippen LogP contribution in [-0.2, 0) is 11.2 Å². The van der Waals surface area contributed by atoms with Crippen LogP contribution in [0.25, 0.3) is 11.1 Å². The first kappa shape index (κ1) is 19.9. The summed E-state index contributed by atoms with van der Waals surface area (Å²) in [5.74, 6) is -1.48. The van der Waals surface area contributed by atoms with E-state index in [9.17, 15) is 14.4 Å². The fourth-order valence-electron chi connectivity index (χ4n) is 2.82. The van der Waals surface area contributed by atoms with Gasteiger partial charge in [-0.15, -0.1) is 0 Å². The number of aromatic nitrogens is 1. The van der Waals surface area contributed by atoms with Gasteiger partial charge in [-0.25, -0.2) is 0 Å². The zero-order valence-corrected chi connectivity index (χ0v) is 16.2. The van der Waals surface area contributed by atoms with E-state index in [1.54, 1.807) is 6.07 Å². The fraction of sp³-hybridized carbons (Fsp3) is 0.150. The van der Waals surface area contributed by atoms with Crippen LogP contribution in [0.2, 0.25) is 5.02 Å². The number of halogens is 1. The second-order valence-electron chi connectivity index (χ2n) is 6.22. The van der Waals surface area contributed by atoms with E-state index in [1.807, 2.05) is 42.5 Å². The molecule has 8 heteroatoms. The van der Waals surface area contributed by atoms with Crippen LogP contribution in [0.15, 0.2) is 59.5 Å². The van der Waals surface area contributed by atoms with Crippen molar-refractivity contribution >= 4 is 34.8 Å². The Hall–Kier alpha value is -2.90. The van der Waals surface area contributed by atoms with Crippen molar-refractivity contribution in [1.82, 2.24) is 10.3 Å². The predicted octanol–water partition coefficient (Wildman–Crippen LogP) is 3.57. The Morgan fingerprint density at radius 2 is 1.89 bits per heavy atom. The molecule has 28 heavy (non-hydrogen) atoms. The molecule has 1 atom stereocenters. The largest absolute Gasteiger partial charge is 0.481 e. The van der Waals surface area contributed by atoms with Gasteiger partial charge in [0.2, 0.25) is 0 Å². The molecule has 0 radical (unpaired) electrons. The molecular formula is C20H17ClN2O4S. The van der Waals surface area contributed by atoms with Crippen molar-refractivity contribution in [1.29, 1.82) is 0 Å². The van der Waals surface area contributed by atoms with E-state index >= 15 is 0 Å².